The molecule has 4 nitrogen and oxygen atoms in total. The predicted molar refractivity (Wildman–Crippen MR) is 84.2 cm³/mol. The number of rotatable bonds is 2. The van der Waals surface area contributed by atoms with Crippen LogP contribution in [0.2, 0.25) is 0 Å². The average Bonchev–Trinajstić information content (AvgIpc) is 2.95. The summed E-state index contributed by atoms with van der Waals surface area (Å²) in [5.74, 6) is -0.306. The van der Waals surface area contributed by atoms with Crippen molar-refractivity contribution in [1.82, 2.24) is 0 Å². The molecule has 2 fully saturated rings. The highest BCUT2D eigenvalue weighted by Gasteiger charge is 2.41. The number of anilines is 1. The molecule has 1 aromatic carbocycles. The van der Waals surface area contributed by atoms with Gasteiger partial charge in [-0.3, -0.25) is 0 Å². The number of nitrogens with zero attached hydrogens (tertiary/aromatic N) is 2. The van der Waals surface area contributed by atoms with E-state index >= 15 is 0 Å². The van der Waals surface area contributed by atoms with Crippen LogP contribution in [0.25, 0.3) is 0 Å². The van der Waals surface area contributed by atoms with Crippen LogP contribution in [0, 0.1) is 11.3 Å². The first-order valence-corrected chi connectivity index (χ1v) is 8.13. The Bertz CT molecular complexity index is 554. The van der Waals surface area contributed by atoms with Crippen LogP contribution in [-0.4, -0.2) is 32.1 Å². The summed E-state index contributed by atoms with van der Waals surface area (Å²) in [6.45, 7) is 1.45. The monoisotopic (exact) mass is 350 g/mol. The first-order chi connectivity index (χ1) is 10.1. The molecule has 112 valence electrons. The predicted octanol–water partition coefficient (Wildman–Crippen LogP) is 3.44. The SMILES string of the molecule is CN(c1ccc(C#N)cc1Br)C1CCC2(CC1)OCCO2. The van der Waals surface area contributed by atoms with E-state index in [-0.39, 0.29) is 5.79 Å². The molecule has 1 spiro atoms. The maximum atomic E-state index is 8.95. The van der Waals surface area contributed by atoms with Crippen molar-refractivity contribution in [3.05, 3.63) is 28.2 Å². The molecule has 1 saturated carbocycles. The van der Waals surface area contributed by atoms with Crippen LogP contribution < -0.4 is 4.90 Å². The van der Waals surface area contributed by atoms with Crippen LogP contribution in [0.1, 0.15) is 31.2 Å². The number of hydrogen-bond donors (Lipinski definition) is 0. The molecule has 1 aliphatic heterocycles. The van der Waals surface area contributed by atoms with E-state index in [0.29, 0.717) is 11.6 Å². The Morgan fingerprint density at radius 2 is 1.95 bits per heavy atom. The third kappa shape index (κ3) is 2.94. The summed E-state index contributed by atoms with van der Waals surface area (Å²) in [4.78, 5) is 2.30. The van der Waals surface area contributed by atoms with Gasteiger partial charge in [0.15, 0.2) is 5.79 Å². The molecule has 1 heterocycles. The Kier molecular flexibility index (Phi) is 4.21. The van der Waals surface area contributed by atoms with E-state index in [1.165, 1.54) is 0 Å². The fourth-order valence-electron chi connectivity index (χ4n) is 3.27. The molecule has 5 heteroatoms. The van der Waals surface area contributed by atoms with Gasteiger partial charge in [0.2, 0.25) is 0 Å². The van der Waals surface area contributed by atoms with E-state index in [4.69, 9.17) is 14.7 Å². The van der Waals surface area contributed by atoms with E-state index in [1.807, 2.05) is 18.2 Å². The van der Waals surface area contributed by atoms with E-state index in [1.54, 1.807) is 0 Å². The topological polar surface area (TPSA) is 45.5 Å². The molecule has 0 radical (unpaired) electrons. The normalized spacial score (nSPS) is 21.4. The third-order valence-corrected chi connectivity index (χ3v) is 5.17. The summed E-state index contributed by atoms with van der Waals surface area (Å²) >= 11 is 3.57. The molecule has 3 rings (SSSR count). The highest BCUT2D eigenvalue weighted by molar-refractivity contribution is 9.10. The summed E-state index contributed by atoms with van der Waals surface area (Å²) in [5.41, 5.74) is 1.80. The Morgan fingerprint density at radius 1 is 1.29 bits per heavy atom. The van der Waals surface area contributed by atoms with Crippen molar-refractivity contribution in [2.24, 2.45) is 0 Å². The van der Waals surface area contributed by atoms with Crippen molar-refractivity contribution in [2.45, 2.75) is 37.5 Å². The lowest BCUT2D eigenvalue weighted by molar-refractivity contribution is -0.178. The molecule has 21 heavy (non-hydrogen) atoms. The standard InChI is InChI=1S/C16H19BrN2O2/c1-19(15-3-2-12(11-18)10-14(15)17)13-4-6-16(7-5-13)20-8-9-21-16/h2-3,10,13H,4-9H2,1H3. The summed E-state index contributed by atoms with van der Waals surface area (Å²) in [7, 11) is 2.12. The number of halogens is 1. The molecule has 0 atom stereocenters. The number of hydrogen-bond acceptors (Lipinski definition) is 4. The first kappa shape index (κ1) is 14.8. The molecular weight excluding hydrogens is 332 g/mol. The van der Waals surface area contributed by atoms with Crippen molar-refractivity contribution >= 4 is 21.6 Å². The molecule has 0 N–H and O–H groups in total. The summed E-state index contributed by atoms with van der Waals surface area (Å²) < 4.78 is 12.5. The van der Waals surface area contributed by atoms with E-state index in [2.05, 4.69) is 33.9 Å². The second-order valence-electron chi connectivity index (χ2n) is 5.73. The molecule has 1 aromatic rings. The number of nitriles is 1. The number of ether oxygens (including phenoxy) is 2. The maximum Gasteiger partial charge on any atom is 0.168 e. The molecular formula is C16H19BrN2O2. The summed E-state index contributed by atoms with van der Waals surface area (Å²) in [6.07, 6.45) is 4.03. The molecule has 1 saturated heterocycles. The molecule has 0 bridgehead atoms. The van der Waals surface area contributed by atoms with Gasteiger partial charge in [-0.2, -0.15) is 5.26 Å². The number of benzene rings is 1. The highest BCUT2D eigenvalue weighted by atomic mass is 79.9. The van der Waals surface area contributed by atoms with Gasteiger partial charge in [0.1, 0.15) is 0 Å². The molecule has 1 aliphatic carbocycles. The minimum atomic E-state index is -0.306. The Hall–Kier alpha value is -1.09. The van der Waals surface area contributed by atoms with Crippen LogP contribution in [0.5, 0.6) is 0 Å². The maximum absolute atomic E-state index is 8.95. The van der Waals surface area contributed by atoms with Gasteiger partial charge in [-0.1, -0.05) is 0 Å². The van der Waals surface area contributed by atoms with Crippen molar-refractivity contribution in [3.63, 3.8) is 0 Å². The van der Waals surface area contributed by atoms with Crippen molar-refractivity contribution in [2.75, 3.05) is 25.2 Å². The van der Waals surface area contributed by atoms with Gasteiger partial charge in [0.05, 0.1) is 30.5 Å². The molecule has 0 unspecified atom stereocenters. The van der Waals surface area contributed by atoms with Gasteiger partial charge < -0.3 is 14.4 Å². The average molecular weight is 351 g/mol. The van der Waals surface area contributed by atoms with Crippen LogP contribution in [-0.2, 0) is 9.47 Å². The molecule has 2 aliphatic rings. The van der Waals surface area contributed by atoms with Gasteiger partial charge in [0, 0.05) is 30.4 Å². The van der Waals surface area contributed by atoms with Crippen LogP contribution in [0.15, 0.2) is 22.7 Å². The quantitative estimate of drug-likeness (QED) is 0.819. The van der Waals surface area contributed by atoms with Crippen molar-refractivity contribution < 1.29 is 9.47 Å². The zero-order chi connectivity index (χ0) is 14.9. The lowest BCUT2D eigenvalue weighted by Gasteiger charge is -2.40. The Labute approximate surface area is 133 Å². The minimum Gasteiger partial charge on any atom is -0.371 e. The van der Waals surface area contributed by atoms with Crippen LogP contribution in [0.4, 0.5) is 5.69 Å². The van der Waals surface area contributed by atoms with Gasteiger partial charge in [-0.05, 0) is 47.0 Å². The largest absolute Gasteiger partial charge is 0.371 e. The van der Waals surface area contributed by atoms with Crippen molar-refractivity contribution in [1.29, 1.82) is 5.26 Å². The highest BCUT2D eigenvalue weighted by Crippen LogP contribution is 2.39. The first-order valence-electron chi connectivity index (χ1n) is 7.34. The van der Waals surface area contributed by atoms with Crippen molar-refractivity contribution in [3.8, 4) is 6.07 Å². The zero-order valence-corrected chi connectivity index (χ0v) is 13.7. The van der Waals surface area contributed by atoms with Gasteiger partial charge >= 0.3 is 0 Å². The molecule has 0 aromatic heterocycles. The molecule has 0 amide bonds. The second-order valence-corrected chi connectivity index (χ2v) is 6.58. The lowest BCUT2D eigenvalue weighted by atomic mass is 9.89. The van der Waals surface area contributed by atoms with E-state index in [9.17, 15) is 0 Å². The third-order valence-electron chi connectivity index (χ3n) is 4.53. The van der Waals surface area contributed by atoms with E-state index < -0.39 is 0 Å². The van der Waals surface area contributed by atoms with Gasteiger partial charge in [-0.15, -0.1) is 0 Å². The Morgan fingerprint density at radius 3 is 2.52 bits per heavy atom. The van der Waals surface area contributed by atoms with E-state index in [0.717, 1.165) is 49.1 Å². The fraction of sp³-hybridized carbons (Fsp3) is 0.562. The fourth-order valence-corrected chi connectivity index (χ4v) is 3.93. The van der Waals surface area contributed by atoms with Gasteiger partial charge in [-0.25, -0.2) is 0 Å². The minimum absolute atomic E-state index is 0.306. The van der Waals surface area contributed by atoms with Crippen LogP contribution >= 0.6 is 15.9 Å². The summed E-state index contributed by atoms with van der Waals surface area (Å²) in [5, 5.41) is 8.95. The Balaban J connectivity index is 1.69. The smallest absolute Gasteiger partial charge is 0.168 e. The van der Waals surface area contributed by atoms with Gasteiger partial charge in [0.25, 0.3) is 0 Å². The second kappa shape index (κ2) is 5.96. The zero-order valence-electron chi connectivity index (χ0n) is 12.1. The van der Waals surface area contributed by atoms with Crippen LogP contribution in [0.3, 0.4) is 0 Å². The summed E-state index contributed by atoms with van der Waals surface area (Å²) in [6, 6.07) is 8.39. The lowest BCUT2D eigenvalue weighted by Crippen LogP contribution is -2.43.